The molecule has 0 atom stereocenters. The minimum Gasteiger partial charge on any atom is -0.345 e. The third-order valence-electron chi connectivity index (χ3n) is 2.05. The summed E-state index contributed by atoms with van der Waals surface area (Å²) < 4.78 is 37.7. The van der Waals surface area contributed by atoms with Crippen LogP contribution in [0.25, 0.3) is 0 Å². The van der Waals surface area contributed by atoms with Crippen LogP contribution in [-0.4, -0.2) is 12.5 Å². The zero-order valence-corrected chi connectivity index (χ0v) is 9.93. The number of benzene rings is 1. The lowest BCUT2D eigenvalue weighted by Crippen LogP contribution is -2.19. The number of amides is 1. The van der Waals surface area contributed by atoms with Crippen LogP contribution >= 0.6 is 0 Å². The summed E-state index contributed by atoms with van der Waals surface area (Å²) in [6.07, 6.45) is -4.53. The standard InChI is InChI=1S/C13H9F3N2O/c1-9(19)18-4-2-3-10-5-11(8-17)7-12(6-10)13(14,15)16/h5-7H,4H2,1H3,(H,18,19). The first-order valence-electron chi connectivity index (χ1n) is 5.18. The lowest BCUT2D eigenvalue weighted by atomic mass is 10.1. The third kappa shape index (κ3) is 4.72. The Bertz CT molecular complexity index is 589. The highest BCUT2D eigenvalue weighted by Crippen LogP contribution is 2.30. The third-order valence-corrected chi connectivity index (χ3v) is 2.05. The smallest absolute Gasteiger partial charge is 0.345 e. The highest BCUT2D eigenvalue weighted by molar-refractivity contribution is 5.73. The van der Waals surface area contributed by atoms with Crippen molar-refractivity contribution in [3.05, 3.63) is 34.9 Å². The topological polar surface area (TPSA) is 52.9 Å². The van der Waals surface area contributed by atoms with E-state index in [1.165, 1.54) is 13.0 Å². The Labute approximate surface area is 108 Å². The number of rotatable bonds is 1. The van der Waals surface area contributed by atoms with Gasteiger partial charge in [0.05, 0.1) is 23.7 Å². The van der Waals surface area contributed by atoms with Gasteiger partial charge in [-0.3, -0.25) is 4.79 Å². The second-order valence-corrected chi connectivity index (χ2v) is 3.62. The zero-order valence-electron chi connectivity index (χ0n) is 9.93. The average molecular weight is 266 g/mol. The van der Waals surface area contributed by atoms with E-state index in [4.69, 9.17) is 5.26 Å². The first-order valence-corrected chi connectivity index (χ1v) is 5.18. The SMILES string of the molecule is CC(=O)NCC#Cc1cc(C#N)cc(C(F)(F)F)c1. The Morgan fingerprint density at radius 2 is 1.95 bits per heavy atom. The highest BCUT2D eigenvalue weighted by Gasteiger charge is 2.31. The van der Waals surface area contributed by atoms with Gasteiger partial charge in [0.15, 0.2) is 0 Å². The summed E-state index contributed by atoms with van der Waals surface area (Å²) in [5.41, 5.74) is -0.953. The van der Waals surface area contributed by atoms with Gasteiger partial charge in [0.25, 0.3) is 0 Å². The largest absolute Gasteiger partial charge is 0.416 e. The normalized spacial score (nSPS) is 10.1. The Balaban J connectivity index is 3.02. The summed E-state index contributed by atoms with van der Waals surface area (Å²) in [5, 5.41) is 11.1. The molecule has 98 valence electrons. The van der Waals surface area contributed by atoms with Gasteiger partial charge in [-0.2, -0.15) is 18.4 Å². The van der Waals surface area contributed by atoms with Crippen LogP contribution in [-0.2, 0) is 11.0 Å². The van der Waals surface area contributed by atoms with E-state index >= 15 is 0 Å². The zero-order chi connectivity index (χ0) is 14.5. The number of hydrogen-bond acceptors (Lipinski definition) is 2. The molecule has 0 bridgehead atoms. The predicted octanol–water partition coefficient (Wildman–Crippen LogP) is 2.06. The molecule has 1 amide bonds. The van der Waals surface area contributed by atoms with Crippen LogP contribution in [0.3, 0.4) is 0 Å². The lowest BCUT2D eigenvalue weighted by Gasteiger charge is -2.07. The van der Waals surface area contributed by atoms with Crippen molar-refractivity contribution in [1.29, 1.82) is 5.26 Å². The van der Waals surface area contributed by atoms with Crippen molar-refractivity contribution >= 4 is 5.91 Å². The molecule has 0 unspecified atom stereocenters. The van der Waals surface area contributed by atoms with Crippen molar-refractivity contribution in [2.75, 3.05) is 6.54 Å². The van der Waals surface area contributed by atoms with Gasteiger partial charge >= 0.3 is 6.18 Å². The Morgan fingerprint density at radius 3 is 2.47 bits per heavy atom. The van der Waals surface area contributed by atoms with Crippen molar-refractivity contribution in [2.24, 2.45) is 0 Å². The number of carbonyl (C=O) groups is 1. The van der Waals surface area contributed by atoms with Gasteiger partial charge in [-0.1, -0.05) is 11.8 Å². The number of nitrogens with one attached hydrogen (secondary N) is 1. The maximum atomic E-state index is 12.6. The molecule has 3 nitrogen and oxygen atoms in total. The van der Waals surface area contributed by atoms with Crippen LogP contribution in [0.5, 0.6) is 0 Å². The molecule has 1 rings (SSSR count). The van der Waals surface area contributed by atoms with Crippen molar-refractivity contribution in [1.82, 2.24) is 5.32 Å². The molecular weight excluding hydrogens is 257 g/mol. The summed E-state index contributed by atoms with van der Waals surface area (Å²) in [6.45, 7) is 1.34. The van der Waals surface area contributed by atoms with E-state index in [9.17, 15) is 18.0 Å². The number of carbonyl (C=O) groups excluding carboxylic acids is 1. The van der Waals surface area contributed by atoms with Crippen LogP contribution in [0.4, 0.5) is 13.2 Å². The number of nitriles is 1. The van der Waals surface area contributed by atoms with Crippen LogP contribution in [0.1, 0.15) is 23.6 Å². The van der Waals surface area contributed by atoms with Crippen molar-refractivity contribution in [3.63, 3.8) is 0 Å². The van der Waals surface area contributed by atoms with Crippen molar-refractivity contribution < 1.29 is 18.0 Å². The van der Waals surface area contributed by atoms with Crippen LogP contribution < -0.4 is 5.32 Å². The van der Waals surface area contributed by atoms with Gasteiger partial charge in [-0.15, -0.1) is 0 Å². The molecule has 1 aromatic rings. The average Bonchev–Trinajstić information content (AvgIpc) is 2.33. The molecule has 0 saturated heterocycles. The van der Waals surface area contributed by atoms with Gasteiger partial charge in [0, 0.05) is 12.5 Å². The molecule has 1 N–H and O–H groups in total. The number of alkyl halides is 3. The van der Waals surface area contributed by atoms with E-state index in [2.05, 4.69) is 17.2 Å². The Hall–Kier alpha value is -2.47. The van der Waals surface area contributed by atoms with Crippen molar-refractivity contribution in [3.8, 4) is 17.9 Å². The molecular formula is C13H9F3N2O. The summed E-state index contributed by atoms with van der Waals surface area (Å²) >= 11 is 0. The monoisotopic (exact) mass is 266 g/mol. The van der Waals surface area contributed by atoms with E-state index in [-0.39, 0.29) is 23.6 Å². The second-order valence-electron chi connectivity index (χ2n) is 3.62. The van der Waals surface area contributed by atoms with Gasteiger partial charge in [-0.25, -0.2) is 0 Å². The van der Waals surface area contributed by atoms with Crippen LogP contribution in [0.2, 0.25) is 0 Å². The highest BCUT2D eigenvalue weighted by atomic mass is 19.4. The van der Waals surface area contributed by atoms with E-state index in [0.29, 0.717) is 0 Å². The minimum absolute atomic E-state index is 0.0352. The molecule has 0 saturated carbocycles. The van der Waals surface area contributed by atoms with Crippen molar-refractivity contribution in [2.45, 2.75) is 13.1 Å². The molecule has 1 aromatic carbocycles. The minimum atomic E-state index is -4.53. The van der Waals surface area contributed by atoms with Gasteiger partial charge in [0.1, 0.15) is 0 Å². The molecule has 0 spiro atoms. The fourth-order valence-electron chi connectivity index (χ4n) is 1.24. The molecule has 0 fully saturated rings. The maximum absolute atomic E-state index is 12.6. The van der Waals surface area contributed by atoms with Crippen LogP contribution in [0.15, 0.2) is 18.2 Å². The Morgan fingerprint density at radius 1 is 1.32 bits per heavy atom. The van der Waals surface area contributed by atoms with Gasteiger partial charge < -0.3 is 5.32 Å². The maximum Gasteiger partial charge on any atom is 0.416 e. The van der Waals surface area contributed by atoms with Crippen LogP contribution in [0, 0.1) is 23.2 Å². The first-order chi connectivity index (χ1) is 8.82. The van der Waals surface area contributed by atoms with Gasteiger partial charge in [-0.05, 0) is 18.2 Å². The first kappa shape index (κ1) is 14.6. The Kier molecular flexibility index (Phi) is 4.55. The number of nitrogens with zero attached hydrogens (tertiary/aromatic N) is 1. The molecule has 0 radical (unpaired) electrons. The summed E-state index contributed by atoms with van der Waals surface area (Å²) in [6, 6.07) is 4.54. The number of hydrogen-bond donors (Lipinski definition) is 1. The molecule has 6 heteroatoms. The quantitative estimate of drug-likeness (QED) is 0.791. The van der Waals surface area contributed by atoms with E-state index < -0.39 is 11.7 Å². The molecule has 0 heterocycles. The number of halogens is 3. The van der Waals surface area contributed by atoms with E-state index in [1.54, 1.807) is 6.07 Å². The predicted molar refractivity (Wildman–Crippen MR) is 61.7 cm³/mol. The van der Waals surface area contributed by atoms with E-state index in [1.807, 2.05) is 0 Å². The summed E-state index contributed by atoms with van der Waals surface area (Å²) in [5.74, 6) is 4.69. The fourth-order valence-corrected chi connectivity index (χ4v) is 1.24. The molecule has 0 aromatic heterocycles. The fraction of sp³-hybridized carbons (Fsp3) is 0.231. The van der Waals surface area contributed by atoms with Gasteiger partial charge in [0.2, 0.25) is 5.91 Å². The summed E-state index contributed by atoms with van der Waals surface area (Å²) in [7, 11) is 0. The van der Waals surface area contributed by atoms with E-state index in [0.717, 1.165) is 12.1 Å². The summed E-state index contributed by atoms with van der Waals surface area (Å²) in [4.78, 5) is 10.6. The molecule has 19 heavy (non-hydrogen) atoms. The molecule has 0 aliphatic carbocycles. The lowest BCUT2D eigenvalue weighted by molar-refractivity contribution is -0.137. The molecule has 0 aliphatic rings. The second kappa shape index (κ2) is 5.92. The molecule has 0 aliphatic heterocycles.